The van der Waals surface area contributed by atoms with Gasteiger partial charge in [0.25, 0.3) is 0 Å². The van der Waals surface area contributed by atoms with E-state index in [0.717, 1.165) is 34.1 Å². The summed E-state index contributed by atoms with van der Waals surface area (Å²) in [6, 6.07) is 0.833. The van der Waals surface area contributed by atoms with Crippen LogP contribution in [0.4, 0.5) is 0 Å². The van der Waals surface area contributed by atoms with E-state index in [4.69, 9.17) is 0 Å². The van der Waals surface area contributed by atoms with Gasteiger partial charge in [0.15, 0.2) is 0 Å². The van der Waals surface area contributed by atoms with Gasteiger partial charge in [-0.3, -0.25) is 28.7 Å². The Morgan fingerprint density at radius 3 is 2.32 bits per heavy atom. The van der Waals surface area contributed by atoms with Gasteiger partial charge in [0, 0.05) is 42.2 Å². The Morgan fingerprint density at radius 2 is 1.70 bits per heavy atom. The fourth-order valence-electron chi connectivity index (χ4n) is 6.24. The van der Waals surface area contributed by atoms with Gasteiger partial charge in [0.2, 0.25) is 29.5 Å². The number of hydrogen-bond acceptors (Lipinski definition) is 9. The molecule has 1 aliphatic rings. The highest BCUT2D eigenvalue weighted by Gasteiger charge is 2.34. The molecule has 16 nitrogen and oxygen atoms in total. The van der Waals surface area contributed by atoms with Crippen LogP contribution in [0.5, 0.6) is 0 Å². The van der Waals surface area contributed by atoms with Gasteiger partial charge in [0.05, 0.1) is 16.8 Å². The Morgan fingerprint density at radius 1 is 1.00 bits per heavy atom. The number of aromatic nitrogens is 3. The lowest BCUT2D eigenvalue weighted by molar-refractivity contribution is -0.142. The number of para-hydroxylation sites is 1. The molecule has 0 bridgehead atoms. The molecule has 17 heteroatoms. The van der Waals surface area contributed by atoms with Crippen molar-refractivity contribution in [2.75, 3.05) is 5.75 Å². The smallest absolute Gasteiger partial charge is 0.327 e. The van der Waals surface area contributed by atoms with E-state index in [1.807, 2.05) is 59.0 Å². The summed E-state index contributed by atoms with van der Waals surface area (Å²) in [5.74, 6) is -5.03. The summed E-state index contributed by atoms with van der Waals surface area (Å²) in [7, 11) is 1.82. The minimum absolute atomic E-state index is 0.0299. The first-order valence-electron chi connectivity index (χ1n) is 17.6. The number of aliphatic hydroxyl groups is 1. The lowest BCUT2D eigenvalue weighted by Crippen LogP contribution is -2.60. The number of aromatic amines is 1. The maximum absolute atomic E-state index is 14.2. The molecule has 0 spiro atoms. The van der Waals surface area contributed by atoms with Crippen LogP contribution in [0.3, 0.4) is 0 Å². The maximum Gasteiger partial charge on any atom is 0.327 e. The van der Waals surface area contributed by atoms with Crippen molar-refractivity contribution >= 4 is 58.2 Å². The normalized spacial score (nSPS) is 22.8. The minimum Gasteiger partial charge on any atom is -0.480 e. The van der Waals surface area contributed by atoms with E-state index in [2.05, 4.69) is 36.7 Å². The summed E-state index contributed by atoms with van der Waals surface area (Å²) >= 11 is 1.09. The van der Waals surface area contributed by atoms with Gasteiger partial charge < -0.3 is 41.8 Å². The molecule has 1 aromatic carbocycles. The number of fused-ring (bicyclic) bond motifs is 3. The molecule has 3 aromatic rings. The molecule has 288 valence electrons. The molecule has 4 rings (SSSR count). The van der Waals surface area contributed by atoms with E-state index in [9.17, 15) is 39.0 Å². The number of benzene rings is 1. The summed E-state index contributed by atoms with van der Waals surface area (Å²) in [6.45, 7) is 10.2. The van der Waals surface area contributed by atoms with Gasteiger partial charge in [-0.2, -0.15) is 5.10 Å². The van der Waals surface area contributed by atoms with Gasteiger partial charge in [-0.25, -0.2) is 4.79 Å². The number of aryl methyl sites for hydroxylation is 2. The van der Waals surface area contributed by atoms with Crippen molar-refractivity contribution in [2.45, 2.75) is 109 Å². The number of nitrogens with zero attached hydrogens (tertiary/aromatic N) is 2. The van der Waals surface area contributed by atoms with Crippen LogP contribution in [0.2, 0.25) is 0 Å². The molecule has 0 radical (unpaired) electrons. The highest BCUT2D eigenvalue weighted by molar-refractivity contribution is 7.99. The number of thioether (sulfide) groups is 1. The fraction of sp³-hybridized carbons (Fsp3) is 0.528. The van der Waals surface area contributed by atoms with Gasteiger partial charge in [-0.1, -0.05) is 32.0 Å². The molecule has 3 heterocycles. The summed E-state index contributed by atoms with van der Waals surface area (Å²) < 4.78 is 1.74. The topological polar surface area (TPSA) is 237 Å². The Labute approximate surface area is 312 Å². The number of carbonyl (C=O) groups is 6. The highest BCUT2D eigenvalue weighted by atomic mass is 32.2. The summed E-state index contributed by atoms with van der Waals surface area (Å²) in [6.07, 6.45) is -0.792. The van der Waals surface area contributed by atoms with Crippen molar-refractivity contribution in [3.63, 3.8) is 0 Å². The van der Waals surface area contributed by atoms with E-state index in [0.29, 0.717) is 22.5 Å². The largest absolute Gasteiger partial charge is 0.480 e. The third-order valence-corrected chi connectivity index (χ3v) is 10.4. The van der Waals surface area contributed by atoms with Crippen LogP contribution in [0.15, 0.2) is 29.3 Å². The number of aliphatic hydroxyl groups excluding tert-OH is 1. The number of carbonyl (C=O) groups excluding carboxylic acids is 5. The summed E-state index contributed by atoms with van der Waals surface area (Å²) in [5.41, 5.74) is 3.97. The number of nitrogens with one attached hydrogen (secondary N) is 6. The number of H-pyrrole nitrogens is 1. The van der Waals surface area contributed by atoms with Crippen molar-refractivity contribution in [3.8, 4) is 0 Å². The Hall–Kier alpha value is -4.90. The molecule has 5 amide bonds. The second kappa shape index (κ2) is 17.7. The van der Waals surface area contributed by atoms with Gasteiger partial charge >= 0.3 is 5.97 Å². The Bertz CT molecular complexity index is 1850. The molecular formula is C36H50N8O8S. The fourth-order valence-corrected chi connectivity index (χ4v) is 7.35. The zero-order valence-electron chi connectivity index (χ0n) is 31.0. The molecule has 8 N–H and O–H groups in total. The second-order valence-electron chi connectivity index (χ2n) is 13.9. The van der Waals surface area contributed by atoms with E-state index in [-0.39, 0.29) is 30.9 Å². The summed E-state index contributed by atoms with van der Waals surface area (Å²) in [5, 5.41) is 39.1. The maximum atomic E-state index is 14.2. The average molecular weight is 755 g/mol. The van der Waals surface area contributed by atoms with Crippen LogP contribution in [0.1, 0.15) is 63.1 Å². The van der Waals surface area contributed by atoms with Crippen molar-refractivity contribution in [3.05, 3.63) is 46.8 Å². The van der Waals surface area contributed by atoms with Crippen LogP contribution in [0, 0.1) is 19.8 Å². The van der Waals surface area contributed by atoms with E-state index in [1.165, 1.54) is 13.8 Å². The first-order chi connectivity index (χ1) is 25.0. The number of aliphatic carboxylic acids is 1. The molecule has 53 heavy (non-hydrogen) atoms. The zero-order chi connectivity index (χ0) is 39.1. The van der Waals surface area contributed by atoms with Crippen molar-refractivity contribution < 1.29 is 39.0 Å². The first-order valence-corrected chi connectivity index (χ1v) is 18.6. The lowest BCUT2D eigenvalue weighted by Gasteiger charge is -2.27. The van der Waals surface area contributed by atoms with Crippen LogP contribution >= 0.6 is 11.8 Å². The predicted molar refractivity (Wildman–Crippen MR) is 198 cm³/mol. The SMILES string of the molecule is Cc1nn(C)c(C)c1CCC(=O)N[C@H]1Cc2c([nH]c3ccccc23)SC[C@@H](C(=O)O)NC(=O)[C@H]([C@@H](C)O)NC(=O)[C@@H](C)NC(=O)[C@H](CC(C)C)NC1=O. The molecular weight excluding hydrogens is 705 g/mol. The van der Waals surface area contributed by atoms with Gasteiger partial charge in [-0.15, -0.1) is 11.8 Å². The molecule has 0 saturated heterocycles. The molecule has 6 atom stereocenters. The number of carboxylic acid groups (broad SMARTS) is 1. The molecule has 0 saturated carbocycles. The van der Waals surface area contributed by atoms with E-state index < -0.39 is 71.8 Å². The first kappa shape index (κ1) is 40.9. The zero-order valence-corrected chi connectivity index (χ0v) is 31.8. The Kier molecular flexibility index (Phi) is 13.7. The van der Waals surface area contributed by atoms with Crippen molar-refractivity contribution in [1.82, 2.24) is 41.3 Å². The third kappa shape index (κ3) is 10.4. The Balaban J connectivity index is 1.75. The quantitative estimate of drug-likeness (QED) is 0.161. The lowest BCUT2D eigenvalue weighted by atomic mass is 10.00. The van der Waals surface area contributed by atoms with Crippen LogP contribution in [0.25, 0.3) is 10.9 Å². The number of hydrogen-bond donors (Lipinski definition) is 8. The molecule has 0 aliphatic carbocycles. The van der Waals surface area contributed by atoms with Crippen molar-refractivity contribution in [2.24, 2.45) is 13.0 Å². The average Bonchev–Trinajstić information content (AvgIpc) is 3.55. The number of carboxylic acids is 1. The third-order valence-electron chi connectivity index (χ3n) is 9.26. The van der Waals surface area contributed by atoms with Crippen LogP contribution < -0.4 is 26.6 Å². The molecule has 0 unspecified atom stereocenters. The number of amides is 5. The standard InChI is InChI=1S/C36H50N8O8S/c1-17(2)14-26-32(48)37-19(4)31(47)42-30(21(6)45)34(50)40-28(36(51)52)16-53-35-24(23-10-8-9-11-25(23)41-35)15-27(33(49)39-26)38-29(46)13-12-22-18(3)43-44(7)20(22)5/h8-11,17,19,21,26-28,30,41,45H,12-16H2,1-7H3,(H,37,48)(H,38,46)(H,39,49)(H,40,50)(H,42,47)(H,51,52)/t19-,21-,26+,27+,28+,30+/m1/s1. The molecule has 2 aromatic heterocycles. The van der Waals surface area contributed by atoms with Gasteiger partial charge in [-0.05, 0) is 63.6 Å². The molecule has 1 aliphatic heterocycles. The second-order valence-corrected chi connectivity index (χ2v) is 15.0. The summed E-state index contributed by atoms with van der Waals surface area (Å²) in [4.78, 5) is 83.4. The van der Waals surface area contributed by atoms with Crippen LogP contribution in [-0.4, -0.2) is 103 Å². The number of rotatable bonds is 8. The van der Waals surface area contributed by atoms with E-state index in [1.54, 1.807) is 4.68 Å². The van der Waals surface area contributed by atoms with Crippen molar-refractivity contribution in [1.29, 1.82) is 0 Å². The highest BCUT2D eigenvalue weighted by Crippen LogP contribution is 2.31. The van der Waals surface area contributed by atoms with Gasteiger partial charge in [0.1, 0.15) is 30.2 Å². The monoisotopic (exact) mass is 754 g/mol. The minimum atomic E-state index is -1.53. The predicted octanol–water partition coefficient (Wildman–Crippen LogP) is 0.755. The van der Waals surface area contributed by atoms with Crippen LogP contribution in [-0.2, 0) is 48.7 Å². The molecule has 0 fully saturated rings. The van der Waals surface area contributed by atoms with E-state index >= 15 is 0 Å².